The lowest BCUT2D eigenvalue weighted by molar-refractivity contribution is 0.110. The number of nitrogens with zero attached hydrogens (tertiary/aromatic N) is 1. The molecule has 0 unspecified atom stereocenters. The maximum Gasteiger partial charge on any atom is 0.266 e. The molecule has 0 fully saturated rings. The van der Waals surface area contributed by atoms with Crippen molar-refractivity contribution in [3.05, 3.63) is 17.3 Å². The Balaban J connectivity index is 3.31. The Hall–Kier alpha value is -1.72. The van der Waals surface area contributed by atoms with Crippen LogP contribution in [-0.2, 0) is 0 Å². The van der Waals surface area contributed by atoms with Gasteiger partial charge in [-0.2, -0.15) is 0 Å². The van der Waals surface area contributed by atoms with Crippen LogP contribution in [-0.4, -0.2) is 23.5 Å². The maximum atomic E-state index is 12.3. The quantitative estimate of drug-likeness (QED) is 0.757. The zero-order chi connectivity index (χ0) is 10.7. The highest BCUT2D eigenvalue weighted by molar-refractivity contribution is 5.75. The van der Waals surface area contributed by atoms with Gasteiger partial charge in [-0.15, -0.1) is 0 Å². The Bertz CT molecular complexity index is 355. The molecule has 6 heteroatoms. The Morgan fingerprint density at radius 3 is 2.71 bits per heavy atom. The van der Waals surface area contributed by atoms with Crippen LogP contribution in [0.3, 0.4) is 0 Å². The van der Waals surface area contributed by atoms with E-state index < -0.39 is 23.4 Å². The van der Waals surface area contributed by atoms with Gasteiger partial charge in [0, 0.05) is 0 Å². The predicted molar refractivity (Wildman–Crippen MR) is 42.8 cm³/mol. The van der Waals surface area contributed by atoms with Crippen LogP contribution in [0, 0.1) is 0 Å². The molecule has 0 atom stereocenters. The Kier molecular flexibility index (Phi) is 2.95. The highest BCUT2D eigenvalue weighted by atomic mass is 19.3. The minimum atomic E-state index is -2.86. The van der Waals surface area contributed by atoms with Crippen molar-refractivity contribution < 1.29 is 23.4 Å². The van der Waals surface area contributed by atoms with E-state index in [1.165, 1.54) is 7.11 Å². The highest BCUT2D eigenvalue weighted by Gasteiger charge is 2.18. The molecular formula is C8H7F2NO3. The van der Waals surface area contributed by atoms with E-state index in [1.54, 1.807) is 0 Å². The van der Waals surface area contributed by atoms with E-state index in [1.807, 2.05) is 0 Å². The number of carbonyl (C=O) groups excluding carboxylic acids is 1. The third-order valence-corrected chi connectivity index (χ3v) is 1.57. The number of carbonyl (C=O) groups is 1. The minimum absolute atomic E-state index is 0.184. The fourth-order valence-electron chi connectivity index (χ4n) is 0.934. The average Bonchev–Trinajstić information content (AvgIpc) is 2.17. The molecule has 1 rings (SSSR count). The van der Waals surface area contributed by atoms with E-state index in [4.69, 9.17) is 5.11 Å². The average molecular weight is 203 g/mol. The number of methoxy groups -OCH3 is 1. The summed E-state index contributed by atoms with van der Waals surface area (Å²) in [7, 11) is 1.21. The van der Waals surface area contributed by atoms with Crippen molar-refractivity contribution in [2.24, 2.45) is 0 Å². The number of hydrogen-bond acceptors (Lipinski definition) is 4. The molecule has 14 heavy (non-hydrogen) atoms. The van der Waals surface area contributed by atoms with Crippen LogP contribution in [0.1, 0.15) is 22.5 Å². The molecule has 0 aliphatic heterocycles. The fraction of sp³-hybridized carbons (Fsp3) is 0.250. The standard InChI is InChI=1S/C8H7F2NO3/c1-14-8-6(13)2-4(7(9)10)5(3-12)11-8/h2-3,7,13H,1H3. The molecule has 0 aliphatic carbocycles. The highest BCUT2D eigenvalue weighted by Crippen LogP contribution is 2.30. The van der Waals surface area contributed by atoms with Crippen LogP contribution in [0.4, 0.5) is 8.78 Å². The summed E-state index contributed by atoms with van der Waals surface area (Å²) in [5, 5.41) is 9.12. The Morgan fingerprint density at radius 1 is 1.64 bits per heavy atom. The summed E-state index contributed by atoms with van der Waals surface area (Å²) in [4.78, 5) is 13.8. The third-order valence-electron chi connectivity index (χ3n) is 1.57. The number of ether oxygens (including phenoxy) is 1. The Labute approximate surface area is 78.1 Å². The van der Waals surface area contributed by atoms with Crippen LogP contribution in [0.25, 0.3) is 0 Å². The normalized spacial score (nSPS) is 10.3. The predicted octanol–water partition coefficient (Wildman–Crippen LogP) is 1.55. The number of aromatic hydroxyl groups is 1. The van der Waals surface area contributed by atoms with Crippen molar-refractivity contribution in [2.75, 3.05) is 7.11 Å². The molecule has 0 radical (unpaired) electrons. The van der Waals surface area contributed by atoms with Gasteiger partial charge in [-0.1, -0.05) is 0 Å². The number of aldehydes is 1. The number of rotatable bonds is 3. The Morgan fingerprint density at radius 2 is 2.29 bits per heavy atom. The van der Waals surface area contributed by atoms with Crippen LogP contribution in [0.5, 0.6) is 11.6 Å². The first-order chi connectivity index (χ1) is 6.60. The zero-order valence-electron chi connectivity index (χ0n) is 7.20. The zero-order valence-corrected chi connectivity index (χ0v) is 7.20. The number of alkyl halides is 2. The number of pyridine rings is 1. The molecule has 0 aromatic carbocycles. The summed E-state index contributed by atoms with van der Waals surface area (Å²) in [5.74, 6) is -0.773. The van der Waals surface area contributed by atoms with Gasteiger partial charge in [0.1, 0.15) is 5.69 Å². The molecule has 76 valence electrons. The summed E-state index contributed by atoms with van der Waals surface area (Å²) in [6.45, 7) is 0. The van der Waals surface area contributed by atoms with Crippen molar-refractivity contribution in [3.63, 3.8) is 0 Å². The van der Waals surface area contributed by atoms with E-state index in [0.29, 0.717) is 0 Å². The largest absolute Gasteiger partial charge is 0.503 e. The smallest absolute Gasteiger partial charge is 0.266 e. The topological polar surface area (TPSA) is 59.4 Å². The first kappa shape index (κ1) is 10.4. The van der Waals surface area contributed by atoms with Gasteiger partial charge in [-0.05, 0) is 6.07 Å². The molecule has 0 amide bonds. The second-order valence-corrected chi connectivity index (χ2v) is 2.41. The molecule has 0 saturated heterocycles. The molecule has 0 saturated carbocycles. The van der Waals surface area contributed by atoms with Crippen LogP contribution in [0.15, 0.2) is 6.07 Å². The molecule has 4 nitrogen and oxygen atoms in total. The van der Waals surface area contributed by atoms with Crippen molar-refractivity contribution >= 4 is 6.29 Å². The van der Waals surface area contributed by atoms with Crippen LogP contribution in [0.2, 0.25) is 0 Å². The van der Waals surface area contributed by atoms with Gasteiger partial charge in [0.15, 0.2) is 12.0 Å². The summed E-state index contributed by atoms with van der Waals surface area (Å²) in [5.41, 5.74) is -1.05. The van der Waals surface area contributed by atoms with E-state index in [9.17, 15) is 13.6 Å². The monoisotopic (exact) mass is 203 g/mol. The SMILES string of the molecule is COc1nc(C=O)c(C(F)F)cc1O. The van der Waals surface area contributed by atoms with Crippen LogP contribution < -0.4 is 4.74 Å². The third kappa shape index (κ3) is 1.78. The number of halogens is 2. The molecule has 1 heterocycles. The molecule has 0 bridgehead atoms. The summed E-state index contributed by atoms with van der Waals surface area (Å²) in [6.07, 6.45) is -2.68. The molecule has 0 aliphatic rings. The first-order valence-corrected chi connectivity index (χ1v) is 3.61. The van der Waals surface area contributed by atoms with Gasteiger partial charge in [0.2, 0.25) is 0 Å². The second-order valence-electron chi connectivity index (χ2n) is 2.41. The van der Waals surface area contributed by atoms with Gasteiger partial charge < -0.3 is 9.84 Å². The van der Waals surface area contributed by atoms with Crippen molar-refractivity contribution in [2.45, 2.75) is 6.43 Å². The number of hydrogen-bond donors (Lipinski definition) is 1. The molecular weight excluding hydrogens is 196 g/mol. The minimum Gasteiger partial charge on any atom is -0.503 e. The molecule has 1 N–H and O–H groups in total. The fourth-order valence-corrected chi connectivity index (χ4v) is 0.934. The van der Waals surface area contributed by atoms with Gasteiger partial charge in [-0.25, -0.2) is 13.8 Å². The van der Waals surface area contributed by atoms with Gasteiger partial charge in [-0.3, -0.25) is 4.79 Å². The molecule has 1 aromatic rings. The maximum absolute atomic E-state index is 12.3. The van der Waals surface area contributed by atoms with Gasteiger partial charge >= 0.3 is 0 Å². The van der Waals surface area contributed by atoms with E-state index >= 15 is 0 Å². The summed E-state index contributed by atoms with van der Waals surface area (Å²) >= 11 is 0. The van der Waals surface area contributed by atoms with Gasteiger partial charge in [0.05, 0.1) is 12.7 Å². The van der Waals surface area contributed by atoms with E-state index in [-0.39, 0.29) is 12.2 Å². The summed E-state index contributed by atoms with van der Waals surface area (Å²) < 4.78 is 29.1. The van der Waals surface area contributed by atoms with Crippen molar-refractivity contribution in [1.82, 2.24) is 4.98 Å². The van der Waals surface area contributed by atoms with E-state index in [2.05, 4.69) is 9.72 Å². The lowest BCUT2D eigenvalue weighted by Gasteiger charge is -2.06. The van der Waals surface area contributed by atoms with Crippen LogP contribution >= 0.6 is 0 Å². The van der Waals surface area contributed by atoms with E-state index in [0.717, 1.165) is 6.07 Å². The molecule has 0 spiro atoms. The number of aromatic nitrogens is 1. The summed E-state index contributed by atoms with van der Waals surface area (Å²) in [6, 6.07) is 0.764. The lowest BCUT2D eigenvalue weighted by Crippen LogP contribution is -1.99. The van der Waals surface area contributed by atoms with Gasteiger partial charge in [0.25, 0.3) is 12.3 Å². The second kappa shape index (κ2) is 3.99. The lowest BCUT2D eigenvalue weighted by atomic mass is 10.2. The first-order valence-electron chi connectivity index (χ1n) is 3.61. The van der Waals surface area contributed by atoms with Crippen molar-refractivity contribution in [1.29, 1.82) is 0 Å². The molecule has 1 aromatic heterocycles. The van der Waals surface area contributed by atoms with Crippen molar-refractivity contribution in [3.8, 4) is 11.6 Å².